The number of imide groups is 1. The predicted octanol–water partition coefficient (Wildman–Crippen LogP) is 2.24. The van der Waals surface area contributed by atoms with E-state index in [0.717, 1.165) is 16.0 Å². The molecule has 1 spiro atoms. The number of amides is 5. The lowest BCUT2D eigenvalue weighted by Crippen LogP contribution is -2.43. The summed E-state index contributed by atoms with van der Waals surface area (Å²) in [5, 5.41) is 6.11. The summed E-state index contributed by atoms with van der Waals surface area (Å²) in [5.74, 6) is -1.41. The van der Waals surface area contributed by atoms with E-state index in [-0.39, 0.29) is 17.4 Å². The number of nitrogens with zero attached hydrogens (tertiary/aromatic N) is 2. The molecule has 36 heavy (non-hydrogen) atoms. The first-order chi connectivity index (χ1) is 17.5. The fourth-order valence-electron chi connectivity index (χ4n) is 5.29. The molecule has 3 heterocycles. The Morgan fingerprint density at radius 3 is 2.61 bits per heavy atom. The van der Waals surface area contributed by atoms with E-state index in [9.17, 15) is 19.2 Å². The lowest BCUT2D eigenvalue weighted by molar-refractivity contribution is -0.134. The zero-order chi connectivity index (χ0) is 24.9. The topological polar surface area (TPSA) is 121 Å². The zero-order valence-corrected chi connectivity index (χ0v) is 19.4. The van der Waals surface area contributed by atoms with Crippen LogP contribution in [-0.2, 0) is 26.3 Å². The predicted molar refractivity (Wildman–Crippen MR) is 128 cm³/mol. The maximum Gasteiger partial charge on any atom is 0.325 e. The van der Waals surface area contributed by atoms with Crippen LogP contribution in [0.3, 0.4) is 0 Å². The first-order valence-electron chi connectivity index (χ1n) is 11.9. The number of furan rings is 1. The van der Waals surface area contributed by atoms with Crippen molar-refractivity contribution in [1.82, 2.24) is 15.1 Å². The summed E-state index contributed by atoms with van der Waals surface area (Å²) in [5.41, 5.74) is 1.30. The number of urea groups is 1. The average molecular weight is 489 g/mol. The Morgan fingerprint density at radius 2 is 1.78 bits per heavy atom. The second-order valence-electron chi connectivity index (χ2n) is 9.14. The van der Waals surface area contributed by atoms with Gasteiger partial charge in [0.15, 0.2) is 0 Å². The monoisotopic (exact) mass is 488 g/mol. The van der Waals surface area contributed by atoms with Gasteiger partial charge >= 0.3 is 6.03 Å². The number of para-hydroxylation sites is 1. The first kappa shape index (κ1) is 22.3. The number of aryl methyl sites for hydroxylation is 1. The van der Waals surface area contributed by atoms with Gasteiger partial charge in [0.05, 0.1) is 13.2 Å². The van der Waals surface area contributed by atoms with E-state index < -0.39 is 29.9 Å². The Bertz CT molecular complexity index is 1410. The van der Waals surface area contributed by atoms with E-state index in [1.54, 1.807) is 29.2 Å². The lowest BCUT2D eigenvalue weighted by atomic mass is 9.92. The Kier molecular flexibility index (Phi) is 5.26. The normalized spacial score (nSPS) is 21.2. The van der Waals surface area contributed by atoms with Crippen LogP contribution in [0, 0.1) is 0 Å². The molecule has 5 amide bonds. The van der Waals surface area contributed by atoms with Gasteiger partial charge in [0.1, 0.15) is 23.4 Å². The summed E-state index contributed by atoms with van der Waals surface area (Å²) in [6.45, 7) is 1.18. The molecule has 0 radical (unpaired) electrons. The maximum atomic E-state index is 13.4. The van der Waals surface area contributed by atoms with Gasteiger partial charge in [-0.15, -0.1) is 0 Å². The van der Waals surface area contributed by atoms with E-state index in [4.69, 9.17) is 9.15 Å². The first-order valence-corrected chi connectivity index (χ1v) is 11.9. The maximum absolute atomic E-state index is 13.4. The summed E-state index contributed by atoms with van der Waals surface area (Å²) >= 11 is 0. The molecule has 1 aromatic heterocycles. The number of carbonyl (C=O) groups excluding carboxylic acids is 4. The summed E-state index contributed by atoms with van der Waals surface area (Å²) in [7, 11) is 0. The van der Waals surface area contributed by atoms with Crippen LogP contribution in [0.4, 0.5) is 10.5 Å². The van der Waals surface area contributed by atoms with E-state index in [0.29, 0.717) is 50.1 Å². The summed E-state index contributed by atoms with van der Waals surface area (Å²) in [6, 6.07) is 13.9. The molecule has 2 saturated heterocycles. The largest absolute Gasteiger partial charge is 0.449 e. The van der Waals surface area contributed by atoms with Crippen molar-refractivity contribution in [1.29, 1.82) is 0 Å². The van der Waals surface area contributed by atoms with Crippen LogP contribution in [0.5, 0.6) is 0 Å². The highest BCUT2D eigenvalue weighted by Gasteiger charge is 2.55. The van der Waals surface area contributed by atoms with Crippen LogP contribution in [0.2, 0.25) is 0 Å². The number of hydrogen-bond donors (Lipinski definition) is 2. The minimum absolute atomic E-state index is 0.00448. The van der Waals surface area contributed by atoms with Crippen molar-refractivity contribution in [2.45, 2.75) is 18.4 Å². The molecule has 2 fully saturated rings. The van der Waals surface area contributed by atoms with E-state index in [1.807, 2.05) is 24.3 Å². The van der Waals surface area contributed by atoms with Gasteiger partial charge in [-0.3, -0.25) is 19.3 Å². The van der Waals surface area contributed by atoms with Crippen molar-refractivity contribution < 1.29 is 28.3 Å². The number of anilines is 1. The number of hydrogen-bond acceptors (Lipinski definition) is 6. The van der Waals surface area contributed by atoms with Crippen molar-refractivity contribution >= 4 is 40.4 Å². The van der Waals surface area contributed by atoms with Crippen LogP contribution in [-0.4, -0.2) is 66.4 Å². The van der Waals surface area contributed by atoms with Crippen LogP contribution in [0.15, 0.2) is 52.9 Å². The Hall–Kier alpha value is -4.18. The van der Waals surface area contributed by atoms with E-state index in [1.165, 1.54) is 0 Å². The number of morpholine rings is 1. The third-order valence-corrected chi connectivity index (χ3v) is 7.08. The number of fused-ring (bicyclic) bond motifs is 3. The van der Waals surface area contributed by atoms with Gasteiger partial charge in [-0.05, 0) is 36.1 Å². The molecule has 3 aliphatic rings. The summed E-state index contributed by atoms with van der Waals surface area (Å²) < 4.78 is 11.2. The molecule has 2 N–H and O–H groups in total. The molecule has 1 unspecified atom stereocenters. The van der Waals surface area contributed by atoms with Gasteiger partial charge in [0.25, 0.3) is 11.8 Å². The molecule has 0 bridgehead atoms. The van der Waals surface area contributed by atoms with Crippen molar-refractivity contribution in [3.8, 4) is 0 Å². The van der Waals surface area contributed by atoms with E-state index >= 15 is 0 Å². The fourth-order valence-corrected chi connectivity index (χ4v) is 5.29. The molecule has 2 aromatic carbocycles. The zero-order valence-electron chi connectivity index (χ0n) is 19.4. The fraction of sp³-hybridized carbons (Fsp3) is 0.308. The Labute approximate surface area is 206 Å². The molecule has 1 atom stereocenters. The highest BCUT2D eigenvalue weighted by molar-refractivity contribution is 6.14. The van der Waals surface area contributed by atoms with E-state index in [2.05, 4.69) is 10.6 Å². The third kappa shape index (κ3) is 3.44. The van der Waals surface area contributed by atoms with Crippen molar-refractivity contribution in [3.63, 3.8) is 0 Å². The molecule has 10 nitrogen and oxygen atoms in total. The molecule has 6 rings (SSSR count). The molecule has 10 heteroatoms. The van der Waals surface area contributed by atoms with Crippen molar-refractivity contribution in [2.24, 2.45) is 0 Å². The standard InChI is InChI=1S/C26H24N4O6/c31-20(15-30-24(33)26(28-25(30)34)10-9-16-5-1-3-7-18(16)26)27-21-17-6-2-4-8-19(17)36-22(21)23(32)29-11-13-35-14-12-29/h1-8H,9-15H2,(H,27,31)(H,28,34). The molecule has 2 aliphatic heterocycles. The van der Waals surface area contributed by atoms with Gasteiger partial charge in [0.2, 0.25) is 11.7 Å². The third-order valence-electron chi connectivity index (χ3n) is 7.08. The van der Waals surface area contributed by atoms with Gasteiger partial charge in [-0.2, -0.15) is 0 Å². The lowest BCUT2D eigenvalue weighted by Gasteiger charge is -2.26. The van der Waals surface area contributed by atoms with Crippen molar-refractivity contribution in [2.75, 3.05) is 38.2 Å². The smallest absolute Gasteiger partial charge is 0.325 e. The molecular weight excluding hydrogens is 464 g/mol. The Balaban J connectivity index is 1.26. The van der Waals surface area contributed by atoms with Crippen LogP contribution in [0.25, 0.3) is 11.0 Å². The number of nitrogens with one attached hydrogen (secondary N) is 2. The van der Waals surface area contributed by atoms with Gasteiger partial charge in [-0.1, -0.05) is 36.4 Å². The molecule has 184 valence electrons. The van der Waals surface area contributed by atoms with Gasteiger partial charge in [-0.25, -0.2) is 4.79 Å². The van der Waals surface area contributed by atoms with Crippen LogP contribution in [0.1, 0.15) is 28.1 Å². The van der Waals surface area contributed by atoms with Crippen LogP contribution < -0.4 is 10.6 Å². The van der Waals surface area contributed by atoms with Crippen molar-refractivity contribution in [3.05, 3.63) is 65.4 Å². The highest BCUT2D eigenvalue weighted by Crippen LogP contribution is 2.41. The minimum atomic E-state index is -1.15. The quantitative estimate of drug-likeness (QED) is 0.544. The number of ether oxygens (including phenoxy) is 1. The summed E-state index contributed by atoms with van der Waals surface area (Å²) in [6.07, 6.45) is 1.11. The average Bonchev–Trinajstić information content (AvgIpc) is 3.53. The molecular formula is C26H24N4O6. The number of benzene rings is 2. The minimum Gasteiger partial charge on any atom is -0.449 e. The summed E-state index contributed by atoms with van der Waals surface area (Å²) in [4.78, 5) is 55.1. The second-order valence-corrected chi connectivity index (χ2v) is 9.14. The number of carbonyl (C=O) groups is 4. The Morgan fingerprint density at radius 1 is 1.03 bits per heavy atom. The van der Waals surface area contributed by atoms with Gasteiger partial charge < -0.3 is 24.7 Å². The molecule has 3 aromatic rings. The number of rotatable bonds is 4. The highest BCUT2D eigenvalue weighted by atomic mass is 16.5. The van der Waals surface area contributed by atoms with Crippen LogP contribution >= 0.6 is 0 Å². The molecule has 0 saturated carbocycles. The van der Waals surface area contributed by atoms with Gasteiger partial charge in [0, 0.05) is 18.5 Å². The second kappa shape index (κ2) is 8.49. The SMILES string of the molecule is O=C(CN1C(=O)NC2(CCc3ccccc32)C1=O)Nc1c(C(=O)N2CCOCC2)oc2ccccc12. The molecule has 1 aliphatic carbocycles.